The molecule has 0 bridgehead atoms. The maximum absolute atomic E-state index is 13.2. The van der Waals surface area contributed by atoms with Gasteiger partial charge >= 0.3 is 0 Å². The van der Waals surface area contributed by atoms with Crippen LogP contribution >= 0.6 is 0 Å². The van der Waals surface area contributed by atoms with Crippen LogP contribution < -0.4 is 4.72 Å². The summed E-state index contributed by atoms with van der Waals surface area (Å²) < 4.78 is 16.4. The highest BCUT2D eigenvalue weighted by Crippen LogP contribution is 2.27. The van der Waals surface area contributed by atoms with E-state index < -0.39 is 11.0 Å². The fourth-order valence-electron chi connectivity index (χ4n) is 3.11. The van der Waals surface area contributed by atoms with Crippen LogP contribution in [0.3, 0.4) is 0 Å². The van der Waals surface area contributed by atoms with Crippen LogP contribution in [0.4, 0.5) is 0 Å². The fraction of sp³-hybridized carbons (Fsp3) is 0.435. The zero-order valence-electron chi connectivity index (χ0n) is 18.1. The molecule has 0 aliphatic rings. The zero-order chi connectivity index (χ0) is 21.4. The van der Waals surface area contributed by atoms with E-state index in [9.17, 15) is 9.00 Å². The number of benzene rings is 2. The highest BCUT2D eigenvalue weighted by atomic mass is 32.2. The van der Waals surface area contributed by atoms with Crippen LogP contribution in [0, 0.1) is 6.92 Å². The minimum atomic E-state index is -1.41. The van der Waals surface area contributed by atoms with E-state index in [1.807, 2.05) is 61.5 Å². The Balaban J connectivity index is 2.41. The van der Waals surface area contributed by atoms with Gasteiger partial charge in [-0.1, -0.05) is 61.4 Å². The largest absolute Gasteiger partial charge is 0.344 e. The first-order valence-electron chi connectivity index (χ1n) is 9.97. The summed E-state index contributed by atoms with van der Waals surface area (Å²) in [5.74, 6) is 1.07. The van der Waals surface area contributed by atoms with Gasteiger partial charge in [0.1, 0.15) is 22.8 Å². The molecule has 0 heterocycles. The van der Waals surface area contributed by atoms with E-state index in [2.05, 4.69) is 17.9 Å². The molecule has 2 aromatic rings. The van der Waals surface area contributed by atoms with Crippen molar-refractivity contribution in [2.24, 2.45) is 0 Å². The highest BCUT2D eigenvalue weighted by molar-refractivity contribution is 7.97. The predicted molar refractivity (Wildman–Crippen MR) is 125 cm³/mol. The molecule has 1 amide bonds. The van der Waals surface area contributed by atoms with Crippen molar-refractivity contribution >= 4 is 27.8 Å². The topological polar surface area (TPSA) is 49.4 Å². The lowest BCUT2D eigenvalue weighted by Gasteiger charge is -2.28. The first-order valence-corrected chi connectivity index (χ1v) is 13.0. The molecule has 0 aliphatic heterocycles. The second-order valence-electron chi connectivity index (χ2n) is 7.49. The Labute approximate surface area is 181 Å². The Morgan fingerprint density at radius 3 is 2.28 bits per heavy atom. The lowest BCUT2D eigenvalue weighted by Crippen LogP contribution is -2.48. The third-order valence-corrected chi connectivity index (χ3v) is 8.31. The molecule has 4 nitrogen and oxygen atoms in total. The molecule has 0 spiro atoms. The van der Waals surface area contributed by atoms with Gasteiger partial charge in [-0.25, -0.2) is 8.93 Å². The van der Waals surface area contributed by atoms with Gasteiger partial charge in [-0.3, -0.25) is 4.79 Å². The van der Waals surface area contributed by atoms with Crippen LogP contribution in [-0.2, 0) is 26.7 Å². The van der Waals surface area contributed by atoms with Crippen LogP contribution in [0.1, 0.15) is 36.9 Å². The average Bonchev–Trinajstić information content (AvgIpc) is 2.72. The van der Waals surface area contributed by atoms with Crippen molar-refractivity contribution in [3.05, 3.63) is 65.7 Å². The monoisotopic (exact) mass is 433 g/mol. The molecule has 2 unspecified atom stereocenters. The van der Waals surface area contributed by atoms with Gasteiger partial charge < -0.3 is 4.90 Å². The molecule has 0 radical (unpaired) electrons. The molecule has 2 rings (SSSR count). The summed E-state index contributed by atoms with van der Waals surface area (Å²) in [6.45, 7) is 4.18. The number of carbonyl (C=O) groups is 1. The summed E-state index contributed by atoms with van der Waals surface area (Å²) >= 11 is 0. The lowest BCUT2D eigenvalue weighted by molar-refractivity contribution is -0.128. The quantitative estimate of drug-likeness (QED) is 0.579. The minimum absolute atomic E-state index is 0.0780. The van der Waals surface area contributed by atoms with E-state index in [1.54, 1.807) is 19.0 Å². The number of unbranched alkanes of at least 4 members (excludes halogenated alkanes) is 1. The maximum atomic E-state index is 13.2. The number of amides is 1. The van der Waals surface area contributed by atoms with Crippen molar-refractivity contribution < 1.29 is 9.00 Å². The van der Waals surface area contributed by atoms with Gasteiger partial charge in [0, 0.05) is 14.1 Å². The molecule has 4 atom stereocenters. The minimum Gasteiger partial charge on any atom is -0.344 e. The molecule has 29 heavy (non-hydrogen) atoms. The van der Waals surface area contributed by atoms with Gasteiger partial charge in [0.05, 0.1) is 11.2 Å². The molecule has 0 fully saturated rings. The van der Waals surface area contributed by atoms with E-state index in [0.717, 1.165) is 34.6 Å². The van der Waals surface area contributed by atoms with E-state index in [-0.39, 0.29) is 28.1 Å². The van der Waals surface area contributed by atoms with Crippen molar-refractivity contribution in [2.45, 2.75) is 42.9 Å². The van der Waals surface area contributed by atoms with Gasteiger partial charge in [0.15, 0.2) is 0 Å². The van der Waals surface area contributed by atoms with Crippen molar-refractivity contribution in [3.8, 4) is 0 Å². The second kappa shape index (κ2) is 11.5. The first kappa shape index (κ1) is 23.6. The third kappa shape index (κ3) is 6.69. The zero-order valence-corrected chi connectivity index (χ0v) is 19.7. The van der Waals surface area contributed by atoms with Gasteiger partial charge in [-0.2, -0.15) is 0 Å². The van der Waals surface area contributed by atoms with Crippen molar-refractivity contribution in [1.29, 1.82) is 0 Å². The number of carbonyl (C=O) groups excluding carboxylic acids is 1. The lowest BCUT2D eigenvalue weighted by atomic mass is 10.0. The Morgan fingerprint density at radius 2 is 1.72 bits per heavy atom. The molecule has 0 aromatic heterocycles. The molecule has 0 aliphatic carbocycles. The third-order valence-electron chi connectivity index (χ3n) is 4.87. The Morgan fingerprint density at radius 1 is 1.10 bits per heavy atom. The molecular formula is C23H33N2O2S2+. The van der Waals surface area contributed by atoms with Crippen molar-refractivity contribution in [2.75, 3.05) is 26.1 Å². The normalized spacial score (nSPS) is 15.3. The molecule has 1 N–H and O–H groups in total. The number of nitrogens with one attached hydrogen (secondary N) is 1. The standard InChI is InChI=1S/C23H33N2O2S2/c1-6-7-17-28(5)22(23(26)25(3)4)21(19-11-9-8-10-12-19)24-29(27)20-15-13-18(2)14-16-20/h8-16,21-22,24H,6-7,17H2,1-5H3/q+1/t21-,22-,28?,29?/m1/s1. The average molecular weight is 434 g/mol. The van der Waals surface area contributed by atoms with E-state index >= 15 is 0 Å². The summed E-state index contributed by atoms with van der Waals surface area (Å²) in [6, 6.07) is 17.3. The first-order chi connectivity index (χ1) is 13.8. The van der Waals surface area contributed by atoms with Crippen LogP contribution in [0.2, 0.25) is 0 Å². The Bertz CT molecular complexity index is 794. The number of rotatable bonds is 10. The summed E-state index contributed by atoms with van der Waals surface area (Å²) in [5, 5.41) is -0.270. The molecular weight excluding hydrogens is 400 g/mol. The highest BCUT2D eigenvalue weighted by Gasteiger charge is 2.42. The van der Waals surface area contributed by atoms with Gasteiger partial charge in [-0.05, 0) is 41.9 Å². The smallest absolute Gasteiger partial charge is 0.277 e. The molecule has 0 saturated heterocycles. The van der Waals surface area contributed by atoms with Crippen LogP contribution in [0.25, 0.3) is 0 Å². The number of aryl methyl sites for hydroxylation is 1. The Hall–Kier alpha value is -1.63. The van der Waals surface area contributed by atoms with E-state index in [0.29, 0.717) is 0 Å². The summed E-state index contributed by atoms with van der Waals surface area (Å²) in [5.41, 5.74) is 2.12. The number of nitrogens with zero attached hydrogens (tertiary/aromatic N) is 1. The van der Waals surface area contributed by atoms with Crippen molar-refractivity contribution in [3.63, 3.8) is 0 Å². The number of hydrogen-bond donors (Lipinski definition) is 1. The maximum Gasteiger partial charge on any atom is 0.277 e. The second-order valence-corrected chi connectivity index (χ2v) is 11.0. The van der Waals surface area contributed by atoms with Crippen LogP contribution in [-0.4, -0.2) is 46.4 Å². The van der Waals surface area contributed by atoms with Gasteiger partial charge in [0.25, 0.3) is 5.91 Å². The molecule has 6 heteroatoms. The summed E-state index contributed by atoms with van der Waals surface area (Å²) in [6.07, 6.45) is 4.34. The number of hydrogen-bond acceptors (Lipinski definition) is 2. The van der Waals surface area contributed by atoms with Crippen LogP contribution in [0.15, 0.2) is 59.5 Å². The van der Waals surface area contributed by atoms with E-state index in [1.165, 1.54) is 0 Å². The van der Waals surface area contributed by atoms with E-state index in [4.69, 9.17) is 0 Å². The van der Waals surface area contributed by atoms with Gasteiger partial charge in [0.2, 0.25) is 5.25 Å². The molecule has 0 saturated carbocycles. The van der Waals surface area contributed by atoms with Gasteiger partial charge in [-0.15, -0.1) is 0 Å². The summed E-state index contributed by atoms with van der Waals surface area (Å²) in [7, 11) is 2.03. The SMILES string of the molecule is CCCC[S+](C)[C@@H](C(=O)N(C)C)[C@H](NS(=O)c1ccc(C)cc1)c1ccccc1. The van der Waals surface area contributed by atoms with Crippen molar-refractivity contribution in [1.82, 2.24) is 9.62 Å². The summed E-state index contributed by atoms with van der Waals surface area (Å²) in [4.78, 5) is 15.6. The van der Waals surface area contributed by atoms with Crippen LogP contribution in [0.5, 0.6) is 0 Å². The molecule has 158 valence electrons. The predicted octanol–water partition coefficient (Wildman–Crippen LogP) is 3.85. The molecule has 2 aromatic carbocycles. The Kier molecular flexibility index (Phi) is 9.40. The fourth-order valence-corrected chi connectivity index (χ4v) is 6.46.